The zero-order valence-corrected chi connectivity index (χ0v) is 5.11. The van der Waals surface area contributed by atoms with Gasteiger partial charge in [-0.25, -0.2) is 0 Å². The van der Waals surface area contributed by atoms with Crippen LogP contribution in [0.1, 0.15) is 6.92 Å². The average Bonchev–Trinajstić information content (AvgIpc) is 1.83. The van der Waals surface area contributed by atoms with Gasteiger partial charge in [0.15, 0.2) is 0 Å². The monoisotopic (exact) mass is 113 g/mol. The molecule has 0 aromatic rings. The molecule has 2 N–H and O–H groups in total. The van der Waals surface area contributed by atoms with Crippen LogP contribution in [-0.2, 0) is 4.74 Å². The van der Waals surface area contributed by atoms with Gasteiger partial charge in [0, 0.05) is 13.5 Å². The highest BCUT2D eigenvalue weighted by Gasteiger charge is 1.81. The molecule has 0 saturated heterocycles. The molecule has 0 atom stereocenters. The lowest BCUT2D eigenvalue weighted by atomic mass is 10.6. The number of ether oxygens (including phenoxy) is 1. The van der Waals surface area contributed by atoms with Crippen molar-refractivity contribution in [2.75, 3.05) is 13.2 Å². The molecule has 8 heavy (non-hydrogen) atoms. The molecule has 0 aliphatic heterocycles. The normalized spacial score (nSPS) is 7.75. The molecule has 0 rings (SSSR count). The average molecular weight is 113 g/mol. The molecular weight excluding hydrogens is 102 g/mol. The summed E-state index contributed by atoms with van der Waals surface area (Å²) in [5.74, 6) is 0.704. The Morgan fingerprint density at radius 1 is 1.88 bits per heavy atom. The van der Waals surface area contributed by atoms with E-state index in [0.29, 0.717) is 18.9 Å². The van der Waals surface area contributed by atoms with E-state index in [1.165, 1.54) is 0 Å². The van der Waals surface area contributed by atoms with Crippen molar-refractivity contribution in [3.8, 4) is 0 Å². The fourth-order valence-corrected chi connectivity index (χ4v) is 0.263. The minimum Gasteiger partial charge on any atom is -0.489 e. The molecule has 0 amide bonds. The van der Waals surface area contributed by atoms with Gasteiger partial charge in [-0.15, -0.1) is 0 Å². The maximum atomic E-state index is 5.14. The van der Waals surface area contributed by atoms with E-state index in [0.717, 1.165) is 0 Å². The Morgan fingerprint density at radius 3 is 2.88 bits per heavy atom. The second kappa shape index (κ2) is 4.44. The third-order valence-corrected chi connectivity index (χ3v) is 0.685. The summed E-state index contributed by atoms with van der Waals surface area (Å²) >= 11 is 0. The number of allylic oxidation sites excluding steroid dienone is 1. The van der Waals surface area contributed by atoms with E-state index >= 15 is 0 Å². The van der Waals surface area contributed by atoms with E-state index in [1.807, 2.05) is 0 Å². The topological polar surface area (TPSA) is 35.2 Å². The van der Waals surface area contributed by atoms with Crippen LogP contribution in [0.3, 0.4) is 0 Å². The number of nitrogens with two attached hydrogens (primary N) is 1. The van der Waals surface area contributed by atoms with E-state index < -0.39 is 0 Å². The first-order valence-corrected chi connectivity index (χ1v) is 2.50. The summed E-state index contributed by atoms with van der Waals surface area (Å²) in [5, 5.41) is 0. The van der Waals surface area contributed by atoms with Gasteiger partial charge in [0.05, 0.1) is 0 Å². The first-order chi connectivity index (χ1) is 3.81. The van der Waals surface area contributed by atoms with Crippen LogP contribution in [-0.4, -0.2) is 13.2 Å². The summed E-state index contributed by atoms with van der Waals surface area (Å²) in [6, 6.07) is 0. The Kier molecular flexibility index (Phi) is 4.04. The Bertz CT molecular complexity index is 103. The highest BCUT2D eigenvalue weighted by Crippen LogP contribution is 1.87. The molecule has 46 valence electrons. The highest BCUT2D eigenvalue weighted by atomic mass is 16.5. The van der Waals surface area contributed by atoms with Crippen LogP contribution in [0.5, 0.6) is 0 Å². The molecule has 0 aromatic carbocycles. The first kappa shape index (κ1) is 7.28. The lowest BCUT2D eigenvalue weighted by Crippen LogP contribution is -2.06. The molecule has 2 heteroatoms. The summed E-state index contributed by atoms with van der Waals surface area (Å²) in [5.41, 5.74) is 7.73. The van der Waals surface area contributed by atoms with E-state index in [1.54, 1.807) is 6.92 Å². The van der Waals surface area contributed by atoms with Crippen LogP contribution in [0.25, 0.3) is 0 Å². The van der Waals surface area contributed by atoms with Gasteiger partial charge in [0.2, 0.25) is 0 Å². The van der Waals surface area contributed by atoms with E-state index in [2.05, 4.69) is 12.3 Å². The molecule has 0 aromatic heterocycles. The summed E-state index contributed by atoms with van der Waals surface area (Å²) < 4.78 is 4.96. The van der Waals surface area contributed by atoms with Crippen molar-refractivity contribution in [1.82, 2.24) is 0 Å². The van der Waals surface area contributed by atoms with E-state index in [9.17, 15) is 0 Å². The summed E-state index contributed by atoms with van der Waals surface area (Å²) in [7, 11) is 0. The minimum absolute atomic E-state index is 0.541. The molecule has 0 heterocycles. The van der Waals surface area contributed by atoms with Crippen LogP contribution >= 0.6 is 0 Å². The second-order valence-corrected chi connectivity index (χ2v) is 1.37. The molecule has 0 radical (unpaired) electrons. The molecule has 0 unspecified atom stereocenters. The van der Waals surface area contributed by atoms with Crippen LogP contribution in [0.2, 0.25) is 0 Å². The van der Waals surface area contributed by atoms with Gasteiger partial charge in [-0.3, -0.25) is 0 Å². The van der Waals surface area contributed by atoms with Crippen LogP contribution in [0.15, 0.2) is 18.1 Å². The number of hydrogen-bond acceptors (Lipinski definition) is 2. The predicted molar refractivity (Wildman–Crippen MR) is 33.3 cm³/mol. The summed E-state index contributed by atoms with van der Waals surface area (Å²) in [6.07, 6.45) is 0. The lowest BCUT2D eigenvalue weighted by molar-refractivity contribution is 0.224. The predicted octanol–water partition coefficient (Wildman–Crippen LogP) is 0.650. The fraction of sp³-hybridized carbons (Fsp3) is 0.500. The minimum atomic E-state index is 0.541. The van der Waals surface area contributed by atoms with Crippen molar-refractivity contribution in [2.45, 2.75) is 6.92 Å². The lowest BCUT2D eigenvalue weighted by Gasteiger charge is -1.98. The zero-order valence-electron chi connectivity index (χ0n) is 5.11. The Labute approximate surface area is 49.6 Å². The van der Waals surface area contributed by atoms with Gasteiger partial charge >= 0.3 is 0 Å². The van der Waals surface area contributed by atoms with Gasteiger partial charge in [-0.05, 0) is 0 Å². The molecule has 2 nitrogen and oxygen atoms in total. The van der Waals surface area contributed by atoms with Gasteiger partial charge in [0.25, 0.3) is 0 Å². The van der Waals surface area contributed by atoms with Crippen molar-refractivity contribution in [2.24, 2.45) is 5.73 Å². The third-order valence-electron chi connectivity index (χ3n) is 0.685. The van der Waals surface area contributed by atoms with Gasteiger partial charge < -0.3 is 10.5 Å². The Hall–Kier alpha value is -0.720. The van der Waals surface area contributed by atoms with Gasteiger partial charge in [-0.2, -0.15) is 0 Å². The van der Waals surface area contributed by atoms with E-state index in [-0.39, 0.29) is 0 Å². The van der Waals surface area contributed by atoms with Crippen LogP contribution in [0.4, 0.5) is 0 Å². The maximum Gasteiger partial charge on any atom is 0.134 e. The fourth-order valence-electron chi connectivity index (χ4n) is 0.263. The summed E-state index contributed by atoms with van der Waals surface area (Å²) in [4.78, 5) is 0. The smallest absolute Gasteiger partial charge is 0.134 e. The maximum absolute atomic E-state index is 5.14. The summed E-state index contributed by atoms with van der Waals surface area (Å²) in [6.45, 7) is 6.27. The third kappa shape index (κ3) is 3.47. The van der Waals surface area contributed by atoms with Crippen molar-refractivity contribution >= 4 is 0 Å². The number of rotatable bonds is 3. The zero-order chi connectivity index (χ0) is 6.41. The molecule has 0 fully saturated rings. The molecule has 0 saturated carbocycles. The molecule has 0 aliphatic rings. The molecule has 0 spiro atoms. The number of hydrogen-bond donors (Lipinski definition) is 1. The van der Waals surface area contributed by atoms with Crippen LogP contribution < -0.4 is 5.73 Å². The van der Waals surface area contributed by atoms with Crippen LogP contribution in [0, 0.1) is 0 Å². The molecule has 0 bridgehead atoms. The van der Waals surface area contributed by atoms with Crippen molar-refractivity contribution in [3.63, 3.8) is 0 Å². The van der Waals surface area contributed by atoms with Gasteiger partial charge in [-0.1, -0.05) is 12.3 Å². The first-order valence-electron chi connectivity index (χ1n) is 2.50. The van der Waals surface area contributed by atoms with Crippen molar-refractivity contribution in [1.29, 1.82) is 0 Å². The van der Waals surface area contributed by atoms with Crippen molar-refractivity contribution in [3.05, 3.63) is 18.1 Å². The Balaban J connectivity index is 3.26. The standard InChI is InChI=1S/C6H11NO/c1-3-6(2)8-5-4-7/h1,4-5,7H2,2H3. The molecular formula is C6H11NO. The SMILES string of the molecule is C=C=C(C)OCCN. The quantitative estimate of drug-likeness (QED) is 0.431. The highest BCUT2D eigenvalue weighted by molar-refractivity contribution is 4.82. The van der Waals surface area contributed by atoms with Crippen molar-refractivity contribution < 1.29 is 4.74 Å². The van der Waals surface area contributed by atoms with Gasteiger partial charge in [0.1, 0.15) is 12.4 Å². The van der Waals surface area contributed by atoms with E-state index in [4.69, 9.17) is 10.5 Å². The molecule has 0 aliphatic carbocycles. The largest absolute Gasteiger partial charge is 0.489 e. The Morgan fingerprint density at radius 2 is 2.50 bits per heavy atom. The second-order valence-electron chi connectivity index (χ2n) is 1.37.